The lowest BCUT2D eigenvalue weighted by atomic mass is 10.1. The molecule has 0 spiro atoms. The summed E-state index contributed by atoms with van der Waals surface area (Å²) in [6.07, 6.45) is 1.82. The maximum atomic E-state index is 4.56. The zero-order chi connectivity index (χ0) is 16.6. The van der Waals surface area contributed by atoms with Gasteiger partial charge < -0.3 is 10.2 Å². The maximum absolute atomic E-state index is 4.56. The molecular formula is C16H22N6S. The molecule has 3 rings (SSSR count). The van der Waals surface area contributed by atoms with Crippen molar-refractivity contribution in [1.29, 1.82) is 0 Å². The van der Waals surface area contributed by atoms with Crippen LogP contribution >= 0.6 is 11.3 Å². The number of thiophene rings is 1. The first-order valence-corrected chi connectivity index (χ1v) is 8.46. The van der Waals surface area contributed by atoms with Gasteiger partial charge in [-0.25, -0.2) is 9.97 Å². The smallest absolute Gasteiger partial charge is 0.163 e. The van der Waals surface area contributed by atoms with Crippen LogP contribution in [-0.2, 0) is 7.05 Å². The van der Waals surface area contributed by atoms with Crippen molar-refractivity contribution in [3.05, 3.63) is 33.9 Å². The minimum atomic E-state index is 0.303. The highest BCUT2D eigenvalue weighted by Crippen LogP contribution is 2.28. The number of likely N-dealkylation sites (N-methyl/N-ethyl adjacent to an activating group) is 1. The molecule has 7 heteroatoms. The molecule has 0 fully saturated rings. The van der Waals surface area contributed by atoms with Gasteiger partial charge in [-0.2, -0.15) is 5.10 Å². The second-order valence-electron chi connectivity index (χ2n) is 5.95. The number of rotatable bonds is 5. The van der Waals surface area contributed by atoms with Gasteiger partial charge in [0.25, 0.3) is 0 Å². The zero-order valence-corrected chi connectivity index (χ0v) is 15.0. The standard InChI is InChI=1S/C16H22N6S/c1-10-6-7-23-14(10)13(21(3)4)9-17-15-12-8-18-22(5)16(12)20-11(2)19-15/h6-8,13H,9H2,1-5H3,(H,17,19,20)/t13-/m1/s1. The Kier molecular flexibility index (Phi) is 4.32. The minimum absolute atomic E-state index is 0.303. The third kappa shape index (κ3) is 3.07. The largest absolute Gasteiger partial charge is 0.367 e. The second kappa shape index (κ2) is 6.25. The molecule has 0 aliphatic rings. The highest BCUT2D eigenvalue weighted by atomic mass is 32.1. The number of nitrogens with one attached hydrogen (secondary N) is 1. The summed E-state index contributed by atoms with van der Waals surface area (Å²) < 4.78 is 1.78. The Balaban J connectivity index is 1.88. The Hall–Kier alpha value is -1.99. The molecule has 122 valence electrons. The first-order valence-electron chi connectivity index (χ1n) is 7.58. The lowest BCUT2D eigenvalue weighted by Crippen LogP contribution is -2.27. The summed E-state index contributed by atoms with van der Waals surface area (Å²) in [5.74, 6) is 1.60. The van der Waals surface area contributed by atoms with Crippen LogP contribution in [0, 0.1) is 13.8 Å². The molecule has 6 nitrogen and oxygen atoms in total. The Labute approximate surface area is 140 Å². The SMILES string of the molecule is Cc1nc(NC[C@H](c2sccc2C)N(C)C)c2cnn(C)c2n1. The third-order valence-corrected chi connectivity index (χ3v) is 5.11. The average Bonchev–Trinajstić information content (AvgIpc) is 3.06. The fourth-order valence-corrected chi connectivity index (χ4v) is 3.82. The maximum Gasteiger partial charge on any atom is 0.163 e. The van der Waals surface area contributed by atoms with Gasteiger partial charge in [-0.05, 0) is 45.0 Å². The Morgan fingerprint density at radius 3 is 2.74 bits per heavy atom. The Bertz CT molecular complexity index is 819. The summed E-state index contributed by atoms with van der Waals surface area (Å²) in [5, 5.41) is 10.9. The van der Waals surface area contributed by atoms with E-state index in [0.717, 1.165) is 29.2 Å². The summed E-state index contributed by atoms with van der Waals surface area (Å²) in [5.41, 5.74) is 2.19. The molecule has 0 aliphatic heterocycles. The summed E-state index contributed by atoms with van der Waals surface area (Å²) in [6.45, 7) is 4.86. The Morgan fingerprint density at radius 2 is 2.09 bits per heavy atom. The molecule has 1 N–H and O–H groups in total. The molecule has 0 aliphatic carbocycles. The monoisotopic (exact) mass is 330 g/mol. The van der Waals surface area contributed by atoms with Crippen molar-refractivity contribution in [1.82, 2.24) is 24.6 Å². The van der Waals surface area contributed by atoms with Gasteiger partial charge in [0.2, 0.25) is 0 Å². The highest BCUT2D eigenvalue weighted by Gasteiger charge is 2.19. The zero-order valence-electron chi connectivity index (χ0n) is 14.2. The van der Waals surface area contributed by atoms with Gasteiger partial charge in [-0.15, -0.1) is 11.3 Å². The summed E-state index contributed by atoms with van der Waals surface area (Å²) >= 11 is 1.80. The van der Waals surface area contributed by atoms with Crippen LogP contribution in [0.15, 0.2) is 17.6 Å². The molecule has 3 heterocycles. The van der Waals surface area contributed by atoms with Crippen molar-refractivity contribution in [2.24, 2.45) is 7.05 Å². The molecule has 0 saturated carbocycles. The van der Waals surface area contributed by atoms with Crippen LogP contribution in [0.25, 0.3) is 11.0 Å². The number of hydrogen-bond acceptors (Lipinski definition) is 6. The number of anilines is 1. The molecule has 3 aromatic heterocycles. The van der Waals surface area contributed by atoms with Crippen molar-refractivity contribution in [2.45, 2.75) is 19.9 Å². The van der Waals surface area contributed by atoms with Crippen molar-refractivity contribution >= 4 is 28.2 Å². The lowest BCUT2D eigenvalue weighted by molar-refractivity contribution is 0.315. The van der Waals surface area contributed by atoms with Crippen molar-refractivity contribution in [3.8, 4) is 0 Å². The number of hydrogen-bond donors (Lipinski definition) is 1. The van der Waals surface area contributed by atoms with E-state index in [9.17, 15) is 0 Å². The molecule has 3 aromatic rings. The molecule has 0 bridgehead atoms. The fourth-order valence-electron chi connectivity index (χ4n) is 2.69. The molecule has 0 saturated heterocycles. The summed E-state index contributed by atoms with van der Waals surface area (Å²) in [6, 6.07) is 2.47. The summed E-state index contributed by atoms with van der Waals surface area (Å²) in [7, 11) is 6.11. The predicted molar refractivity (Wildman–Crippen MR) is 95.0 cm³/mol. The lowest BCUT2D eigenvalue weighted by Gasteiger charge is -2.25. The van der Waals surface area contributed by atoms with Crippen molar-refractivity contribution in [2.75, 3.05) is 26.0 Å². The van der Waals surface area contributed by atoms with Gasteiger partial charge in [-0.1, -0.05) is 0 Å². The van der Waals surface area contributed by atoms with E-state index in [1.165, 1.54) is 10.4 Å². The number of nitrogens with zero attached hydrogens (tertiary/aromatic N) is 5. The van der Waals surface area contributed by atoms with Crippen LogP contribution in [0.3, 0.4) is 0 Å². The quantitative estimate of drug-likeness (QED) is 0.779. The van der Waals surface area contributed by atoms with Crippen molar-refractivity contribution < 1.29 is 0 Å². The van der Waals surface area contributed by atoms with Crippen LogP contribution in [0.4, 0.5) is 5.82 Å². The van der Waals surface area contributed by atoms with Crippen LogP contribution < -0.4 is 5.32 Å². The molecule has 1 atom stereocenters. The number of fused-ring (bicyclic) bond motifs is 1. The van der Waals surface area contributed by atoms with Gasteiger partial charge in [0.05, 0.1) is 17.6 Å². The average molecular weight is 330 g/mol. The number of aromatic nitrogens is 4. The first kappa shape index (κ1) is 15.9. The van der Waals surface area contributed by atoms with Gasteiger partial charge in [0.15, 0.2) is 5.65 Å². The predicted octanol–water partition coefficient (Wildman–Crippen LogP) is 2.76. The molecular weight excluding hydrogens is 308 g/mol. The van der Waals surface area contributed by atoms with Crippen LogP contribution in [0.5, 0.6) is 0 Å². The molecule has 0 aromatic carbocycles. The van der Waals surface area contributed by atoms with Crippen LogP contribution in [0.2, 0.25) is 0 Å². The Morgan fingerprint density at radius 1 is 1.30 bits per heavy atom. The molecule has 0 amide bonds. The van der Waals surface area contributed by atoms with Crippen LogP contribution in [0.1, 0.15) is 22.3 Å². The van der Waals surface area contributed by atoms with E-state index in [-0.39, 0.29) is 0 Å². The third-order valence-electron chi connectivity index (χ3n) is 3.99. The van der Waals surface area contributed by atoms with E-state index in [1.807, 2.05) is 20.2 Å². The fraction of sp³-hybridized carbons (Fsp3) is 0.438. The molecule has 0 radical (unpaired) electrons. The second-order valence-corrected chi connectivity index (χ2v) is 6.90. The van der Waals surface area contributed by atoms with Gasteiger partial charge >= 0.3 is 0 Å². The van der Waals surface area contributed by atoms with E-state index in [0.29, 0.717) is 6.04 Å². The van der Waals surface area contributed by atoms with E-state index < -0.39 is 0 Å². The van der Waals surface area contributed by atoms with Crippen molar-refractivity contribution in [3.63, 3.8) is 0 Å². The molecule has 23 heavy (non-hydrogen) atoms. The van der Waals surface area contributed by atoms with E-state index in [2.05, 4.69) is 57.7 Å². The number of aryl methyl sites for hydroxylation is 3. The van der Waals surface area contributed by atoms with Crippen LogP contribution in [-0.4, -0.2) is 45.3 Å². The minimum Gasteiger partial charge on any atom is -0.367 e. The van der Waals surface area contributed by atoms with E-state index in [4.69, 9.17) is 0 Å². The van der Waals surface area contributed by atoms with E-state index >= 15 is 0 Å². The first-order chi connectivity index (χ1) is 11.0. The normalized spacial score (nSPS) is 13.0. The summed E-state index contributed by atoms with van der Waals surface area (Å²) in [4.78, 5) is 12.6. The topological polar surface area (TPSA) is 58.9 Å². The highest BCUT2D eigenvalue weighted by molar-refractivity contribution is 7.10. The van der Waals surface area contributed by atoms with Gasteiger partial charge in [0, 0.05) is 18.5 Å². The molecule has 0 unspecified atom stereocenters. The van der Waals surface area contributed by atoms with Gasteiger partial charge in [0.1, 0.15) is 11.6 Å². The van der Waals surface area contributed by atoms with Gasteiger partial charge in [-0.3, -0.25) is 4.68 Å². The van der Waals surface area contributed by atoms with E-state index in [1.54, 1.807) is 16.0 Å².